The summed E-state index contributed by atoms with van der Waals surface area (Å²) in [5.41, 5.74) is 3.70. The lowest BCUT2D eigenvalue weighted by atomic mass is 10.0. The standard InChI is InChI=1S/C21H16ClN7O/c1-24-21-25-8-13(9-26-21)15-6-20(30)28(2)12-17(15)14-10-27-29(11-14)19-5-3-4-18(22)16(19)7-23/h3-6,8-12H,1-2H3,(H,24,25,26). The number of hydrogen-bond acceptors (Lipinski definition) is 6. The zero-order chi connectivity index (χ0) is 21.3. The molecule has 0 aliphatic carbocycles. The predicted molar refractivity (Wildman–Crippen MR) is 115 cm³/mol. The summed E-state index contributed by atoms with van der Waals surface area (Å²) in [4.78, 5) is 20.8. The average Bonchev–Trinajstić information content (AvgIpc) is 3.25. The zero-order valence-electron chi connectivity index (χ0n) is 16.2. The number of rotatable bonds is 4. The van der Waals surface area contributed by atoms with Gasteiger partial charge in [0.15, 0.2) is 0 Å². The first-order valence-electron chi connectivity index (χ1n) is 8.96. The van der Waals surface area contributed by atoms with Crippen LogP contribution < -0.4 is 10.9 Å². The summed E-state index contributed by atoms with van der Waals surface area (Å²) in [6.07, 6.45) is 8.53. The first-order chi connectivity index (χ1) is 14.5. The second-order valence-electron chi connectivity index (χ2n) is 6.51. The van der Waals surface area contributed by atoms with Gasteiger partial charge in [0.2, 0.25) is 5.95 Å². The van der Waals surface area contributed by atoms with E-state index < -0.39 is 0 Å². The van der Waals surface area contributed by atoms with Crippen molar-refractivity contribution in [2.75, 3.05) is 12.4 Å². The number of aryl methyl sites for hydroxylation is 1. The number of aromatic nitrogens is 5. The van der Waals surface area contributed by atoms with E-state index in [9.17, 15) is 10.1 Å². The van der Waals surface area contributed by atoms with Crippen LogP contribution >= 0.6 is 11.6 Å². The predicted octanol–water partition coefficient (Wildman–Crippen LogP) is 3.26. The molecule has 3 heterocycles. The molecule has 0 amide bonds. The van der Waals surface area contributed by atoms with E-state index in [-0.39, 0.29) is 5.56 Å². The summed E-state index contributed by atoms with van der Waals surface area (Å²) in [5.74, 6) is 0.488. The van der Waals surface area contributed by atoms with Crippen LogP contribution in [0.5, 0.6) is 0 Å². The fourth-order valence-electron chi connectivity index (χ4n) is 3.10. The molecule has 3 aromatic heterocycles. The molecule has 0 bridgehead atoms. The molecule has 0 atom stereocenters. The fourth-order valence-corrected chi connectivity index (χ4v) is 3.31. The summed E-state index contributed by atoms with van der Waals surface area (Å²) >= 11 is 6.15. The van der Waals surface area contributed by atoms with Crippen LogP contribution in [-0.2, 0) is 7.05 Å². The molecule has 4 aromatic rings. The highest BCUT2D eigenvalue weighted by Gasteiger charge is 2.15. The molecule has 1 aromatic carbocycles. The smallest absolute Gasteiger partial charge is 0.250 e. The number of nitrogens with one attached hydrogen (secondary N) is 1. The van der Waals surface area contributed by atoms with Gasteiger partial charge in [-0.2, -0.15) is 10.4 Å². The second-order valence-corrected chi connectivity index (χ2v) is 6.92. The minimum absolute atomic E-state index is 0.152. The highest BCUT2D eigenvalue weighted by Crippen LogP contribution is 2.31. The topological polar surface area (TPSA) is 101 Å². The van der Waals surface area contributed by atoms with Crippen molar-refractivity contribution >= 4 is 17.5 Å². The van der Waals surface area contributed by atoms with E-state index >= 15 is 0 Å². The molecular formula is C21H16ClN7O. The van der Waals surface area contributed by atoms with Crippen molar-refractivity contribution in [2.24, 2.45) is 7.05 Å². The molecule has 1 N–H and O–H groups in total. The van der Waals surface area contributed by atoms with Crippen LogP contribution in [0.2, 0.25) is 5.02 Å². The third-order valence-electron chi connectivity index (χ3n) is 4.66. The van der Waals surface area contributed by atoms with E-state index in [0.717, 1.165) is 11.1 Å². The van der Waals surface area contributed by atoms with Crippen molar-refractivity contribution in [3.8, 4) is 34.0 Å². The molecule has 8 nitrogen and oxygen atoms in total. The van der Waals surface area contributed by atoms with Gasteiger partial charge < -0.3 is 9.88 Å². The van der Waals surface area contributed by atoms with Gasteiger partial charge >= 0.3 is 0 Å². The normalized spacial score (nSPS) is 10.6. The van der Waals surface area contributed by atoms with Gasteiger partial charge in [0, 0.05) is 61.6 Å². The van der Waals surface area contributed by atoms with Crippen LogP contribution in [0.15, 0.2) is 60.0 Å². The molecule has 0 spiro atoms. The quantitative estimate of drug-likeness (QED) is 0.546. The Labute approximate surface area is 177 Å². The maximum Gasteiger partial charge on any atom is 0.250 e. The summed E-state index contributed by atoms with van der Waals surface area (Å²) in [5, 5.41) is 17.1. The van der Waals surface area contributed by atoms with E-state index in [1.165, 1.54) is 4.57 Å². The lowest BCUT2D eigenvalue weighted by Gasteiger charge is -2.10. The van der Waals surface area contributed by atoms with Crippen LogP contribution in [0.4, 0.5) is 5.95 Å². The summed E-state index contributed by atoms with van der Waals surface area (Å²) in [6.45, 7) is 0. The molecule has 0 fully saturated rings. The highest BCUT2D eigenvalue weighted by molar-refractivity contribution is 6.32. The number of pyridine rings is 1. The van der Waals surface area contributed by atoms with E-state index in [1.54, 1.807) is 74.0 Å². The molecular weight excluding hydrogens is 402 g/mol. The first-order valence-corrected chi connectivity index (χ1v) is 9.34. The third kappa shape index (κ3) is 3.43. The second kappa shape index (κ2) is 7.81. The van der Waals surface area contributed by atoms with Crippen molar-refractivity contribution in [1.82, 2.24) is 24.3 Å². The Balaban J connectivity index is 1.86. The zero-order valence-corrected chi connectivity index (χ0v) is 16.9. The third-order valence-corrected chi connectivity index (χ3v) is 4.97. The lowest BCUT2D eigenvalue weighted by molar-refractivity contribution is 0.863. The van der Waals surface area contributed by atoms with E-state index in [2.05, 4.69) is 26.5 Å². The molecule has 0 aliphatic rings. The molecule has 30 heavy (non-hydrogen) atoms. The van der Waals surface area contributed by atoms with Crippen LogP contribution in [0.25, 0.3) is 27.9 Å². The number of halogens is 1. The maximum atomic E-state index is 12.3. The number of hydrogen-bond donors (Lipinski definition) is 1. The Morgan fingerprint density at radius 2 is 1.87 bits per heavy atom. The Morgan fingerprint density at radius 1 is 1.10 bits per heavy atom. The lowest BCUT2D eigenvalue weighted by Crippen LogP contribution is -2.15. The minimum Gasteiger partial charge on any atom is -0.357 e. The van der Waals surface area contributed by atoms with Gasteiger partial charge in [-0.3, -0.25) is 4.79 Å². The molecule has 4 rings (SSSR count). The van der Waals surface area contributed by atoms with Gasteiger partial charge in [-0.15, -0.1) is 0 Å². The molecule has 0 saturated heterocycles. The molecule has 0 aliphatic heterocycles. The maximum absolute atomic E-state index is 12.3. The van der Waals surface area contributed by atoms with Gasteiger partial charge in [0.1, 0.15) is 6.07 Å². The van der Waals surface area contributed by atoms with Crippen LogP contribution in [0.3, 0.4) is 0 Å². The Hall–Kier alpha value is -3.96. The summed E-state index contributed by atoms with van der Waals surface area (Å²) < 4.78 is 3.09. The number of benzene rings is 1. The van der Waals surface area contributed by atoms with E-state index in [0.29, 0.717) is 33.3 Å². The van der Waals surface area contributed by atoms with E-state index in [4.69, 9.17) is 11.6 Å². The highest BCUT2D eigenvalue weighted by atomic mass is 35.5. The van der Waals surface area contributed by atoms with Gasteiger partial charge in [0.05, 0.1) is 22.5 Å². The number of nitrogens with zero attached hydrogens (tertiary/aromatic N) is 6. The van der Waals surface area contributed by atoms with Crippen molar-refractivity contribution in [1.29, 1.82) is 5.26 Å². The van der Waals surface area contributed by atoms with Crippen LogP contribution in [0, 0.1) is 11.3 Å². The SMILES string of the molecule is CNc1ncc(-c2cc(=O)n(C)cc2-c2cnn(-c3cccc(Cl)c3C#N)c2)cn1. The summed E-state index contributed by atoms with van der Waals surface area (Å²) in [7, 11) is 3.42. The number of anilines is 1. The minimum atomic E-state index is -0.152. The molecule has 9 heteroatoms. The van der Waals surface area contributed by atoms with Crippen molar-refractivity contribution in [3.05, 3.63) is 76.2 Å². The monoisotopic (exact) mass is 417 g/mol. The molecule has 0 radical (unpaired) electrons. The Kier molecular flexibility index (Phi) is 5.04. The van der Waals surface area contributed by atoms with Gasteiger partial charge in [-0.1, -0.05) is 17.7 Å². The summed E-state index contributed by atoms with van der Waals surface area (Å²) in [6, 6.07) is 8.86. The van der Waals surface area contributed by atoms with Gasteiger partial charge in [0.25, 0.3) is 5.56 Å². The van der Waals surface area contributed by atoms with Gasteiger partial charge in [-0.05, 0) is 17.7 Å². The average molecular weight is 418 g/mol. The molecule has 0 saturated carbocycles. The van der Waals surface area contributed by atoms with Gasteiger partial charge in [-0.25, -0.2) is 14.6 Å². The molecule has 148 valence electrons. The number of nitriles is 1. The molecule has 0 unspecified atom stereocenters. The Morgan fingerprint density at radius 3 is 2.57 bits per heavy atom. The largest absolute Gasteiger partial charge is 0.357 e. The fraction of sp³-hybridized carbons (Fsp3) is 0.0952. The van der Waals surface area contributed by atoms with E-state index in [1.807, 2.05) is 0 Å². The van der Waals surface area contributed by atoms with Crippen LogP contribution in [-0.4, -0.2) is 31.4 Å². The van der Waals surface area contributed by atoms with Crippen molar-refractivity contribution in [2.45, 2.75) is 0 Å². The first kappa shape index (κ1) is 19.4. The Bertz CT molecular complexity index is 1330. The van der Waals surface area contributed by atoms with Crippen LogP contribution in [0.1, 0.15) is 5.56 Å². The van der Waals surface area contributed by atoms with Crippen molar-refractivity contribution < 1.29 is 0 Å². The van der Waals surface area contributed by atoms with Crippen molar-refractivity contribution in [3.63, 3.8) is 0 Å².